The molecule has 14 heavy (non-hydrogen) atoms. The number of anilines is 1. The molecule has 1 saturated carbocycles. The fraction of sp³-hybridized carbons (Fsp3) is 0.636. The lowest BCUT2D eigenvalue weighted by molar-refractivity contribution is 0.461. The molecule has 1 aromatic rings. The van der Waals surface area contributed by atoms with Gasteiger partial charge in [0.2, 0.25) is 0 Å². The summed E-state index contributed by atoms with van der Waals surface area (Å²) in [4.78, 5) is 8.52. The second-order valence-corrected chi connectivity index (χ2v) is 4.02. The zero-order valence-corrected chi connectivity index (χ0v) is 8.66. The van der Waals surface area contributed by atoms with Crippen molar-refractivity contribution in [2.45, 2.75) is 45.1 Å². The average molecular weight is 191 g/mol. The van der Waals surface area contributed by atoms with Crippen LogP contribution in [0.25, 0.3) is 0 Å². The van der Waals surface area contributed by atoms with Gasteiger partial charge in [-0.15, -0.1) is 0 Å². The molecule has 1 aromatic heterocycles. The summed E-state index contributed by atoms with van der Waals surface area (Å²) in [5, 5.41) is 3.45. The van der Waals surface area contributed by atoms with Crippen LogP contribution in [0.1, 0.15) is 37.8 Å². The summed E-state index contributed by atoms with van der Waals surface area (Å²) in [7, 11) is 0. The Kier molecular flexibility index (Phi) is 2.96. The van der Waals surface area contributed by atoms with Crippen molar-refractivity contribution in [3.63, 3.8) is 0 Å². The molecular formula is C11H17N3. The van der Waals surface area contributed by atoms with Crippen LogP contribution in [0.4, 0.5) is 5.82 Å². The van der Waals surface area contributed by atoms with Gasteiger partial charge < -0.3 is 5.32 Å². The molecule has 0 radical (unpaired) electrons. The highest BCUT2D eigenvalue weighted by Gasteiger charge is 2.13. The highest BCUT2D eigenvalue weighted by Crippen LogP contribution is 2.20. The van der Waals surface area contributed by atoms with Crippen molar-refractivity contribution in [2.75, 3.05) is 5.32 Å². The molecule has 0 amide bonds. The van der Waals surface area contributed by atoms with Gasteiger partial charge in [-0.3, -0.25) is 4.98 Å². The Morgan fingerprint density at radius 2 is 2.00 bits per heavy atom. The molecule has 2 rings (SSSR count). The molecule has 3 heteroatoms. The van der Waals surface area contributed by atoms with Crippen LogP contribution >= 0.6 is 0 Å². The van der Waals surface area contributed by atoms with Gasteiger partial charge >= 0.3 is 0 Å². The Labute approximate surface area is 85.0 Å². The minimum Gasteiger partial charge on any atom is -0.366 e. The highest BCUT2D eigenvalue weighted by atomic mass is 15.0. The molecule has 0 saturated heterocycles. The molecule has 1 heterocycles. The lowest BCUT2D eigenvalue weighted by Crippen LogP contribution is -2.22. The van der Waals surface area contributed by atoms with Crippen molar-refractivity contribution < 1.29 is 0 Å². The van der Waals surface area contributed by atoms with Crippen LogP contribution in [0.2, 0.25) is 0 Å². The van der Waals surface area contributed by atoms with E-state index >= 15 is 0 Å². The maximum Gasteiger partial charge on any atom is 0.145 e. The van der Waals surface area contributed by atoms with Crippen LogP contribution < -0.4 is 5.32 Å². The van der Waals surface area contributed by atoms with E-state index in [1.165, 1.54) is 32.1 Å². The predicted octanol–water partition coefficient (Wildman–Crippen LogP) is 2.53. The SMILES string of the molecule is Cc1cncc(NC2CCCCC2)n1. The topological polar surface area (TPSA) is 37.8 Å². The lowest BCUT2D eigenvalue weighted by atomic mass is 9.96. The van der Waals surface area contributed by atoms with Gasteiger partial charge in [-0.05, 0) is 19.8 Å². The summed E-state index contributed by atoms with van der Waals surface area (Å²) in [5.74, 6) is 0.928. The number of nitrogens with one attached hydrogen (secondary N) is 1. The zero-order valence-electron chi connectivity index (χ0n) is 8.66. The fourth-order valence-electron chi connectivity index (χ4n) is 1.99. The van der Waals surface area contributed by atoms with Gasteiger partial charge in [-0.2, -0.15) is 0 Å². The third kappa shape index (κ3) is 2.44. The van der Waals surface area contributed by atoms with Crippen molar-refractivity contribution in [3.8, 4) is 0 Å². The Bertz CT molecular complexity index is 292. The second-order valence-electron chi connectivity index (χ2n) is 4.02. The van der Waals surface area contributed by atoms with Crippen LogP contribution in [0.3, 0.4) is 0 Å². The maximum absolute atomic E-state index is 4.39. The smallest absolute Gasteiger partial charge is 0.145 e. The van der Waals surface area contributed by atoms with E-state index in [-0.39, 0.29) is 0 Å². The first kappa shape index (κ1) is 9.44. The standard InChI is InChI=1S/C11H17N3/c1-9-7-12-8-11(13-9)14-10-5-3-2-4-6-10/h7-8,10H,2-6H2,1H3,(H,13,14). The average Bonchev–Trinajstić information content (AvgIpc) is 2.19. The van der Waals surface area contributed by atoms with E-state index in [0.29, 0.717) is 6.04 Å². The molecule has 0 atom stereocenters. The largest absolute Gasteiger partial charge is 0.366 e. The number of aryl methyl sites for hydroxylation is 1. The van der Waals surface area contributed by atoms with Gasteiger partial charge in [-0.1, -0.05) is 19.3 Å². The van der Waals surface area contributed by atoms with Gasteiger partial charge in [0.1, 0.15) is 5.82 Å². The van der Waals surface area contributed by atoms with E-state index in [4.69, 9.17) is 0 Å². The molecule has 1 aliphatic carbocycles. The summed E-state index contributed by atoms with van der Waals surface area (Å²) >= 11 is 0. The number of aromatic nitrogens is 2. The minimum absolute atomic E-state index is 0.611. The first-order valence-electron chi connectivity index (χ1n) is 5.40. The highest BCUT2D eigenvalue weighted by molar-refractivity contribution is 5.32. The summed E-state index contributed by atoms with van der Waals surface area (Å²) in [5.41, 5.74) is 0.978. The molecule has 3 nitrogen and oxygen atoms in total. The van der Waals surface area contributed by atoms with E-state index in [1.54, 1.807) is 6.20 Å². The number of rotatable bonds is 2. The Morgan fingerprint density at radius 3 is 2.71 bits per heavy atom. The molecule has 76 valence electrons. The van der Waals surface area contributed by atoms with E-state index in [9.17, 15) is 0 Å². The van der Waals surface area contributed by atoms with Crippen molar-refractivity contribution in [1.29, 1.82) is 0 Å². The fourth-order valence-corrected chi connectivity index (χ4v) is 1.99. The van der Waals surface area contributed by atoms with Crippen LogP contribution in [0.5, 0.6) is 0 Å². The van der Waals surface area contributed by atoms with Gasteiger partial charge in [0.25, 0.3) is 0 Å². The normalized spacial score (nSPS) is 18.1. The quantitative estimate of drug-likeness (QED) is 0.780. The summed E-state index contributed by atoms with van der Waals surface area (Å²) < 4.78 is 0. The molecule has 1 N–H and O–H groups in total. The number of nitrogens with zero attached hydrogens (tertiary/aromatic N) is 2. The van der Waals surface area contributed by atoms with Gasteiger partial charge in [-0.25, -0.2) is 4.98 Å². The lowest BCUT2D eigenvalue weighted by Gasteiger charge is -2.23. The third-order valence-electron chi connectivity index (χ3n) is 2.71. The summed E-state index contributed by atoms with van der Waals surface area (Å²) in [6.07, 6.45) is 10.2. The number of hydrogen-bond donors (Lipinski definition) is 1. The van der Waals surface area contributed by atoms with E-state index in [0.717, 1.165) is 11.5 Å². The molecule has 0 aromatic carbocycles. The Balaban J connectivity index is 1.95. The Morgan fingerprint density at radius 1 is 1.21 bits per heavy atom. The molecular weight excluding hydrogens is 174 g/mol. The van der Waals surface area contributed by atoms with Crippen molar-refractivity contribution in [3.05, 3.63) is 18.1 Å². The summed E-state index contributed by atoms with van der Waals surface area (Å²) in [6.45, 7) is 1.97. The van der Waals surface area contributed by atoms with Crippen LogP contribution in [0.15, 0.2) is 12.4 Å². The van der Waals surface area contributed by atoms with Crippen molar-refractivity contribution >= 4 is 5.82 Å². The molecule has 0 bridgehead atoms. The van der Waals surface area contributed by atoms with Crippen LogP contribution in [-0.2, 0) is 0 Å². The van der Waals surface area contributed by atoms with Crippen LogP contribution in [-0.4, -0.2) is 16.0 Å². The van der Waals surface area contributed by atoms with Gasteiger partial charge in [0.15, 0.2) is 0 Å². The molecule has 0 unspecified atom stereocenters. The van der Waals surface area contributed by atoms with Crippen molar-refractivity contribution in [1.82, 2.24) is 9.97 Å². The predicted molar refractivity (Wildman–Crippen MR) is 57.3 cm³/mol. The Hall–Kier alpha value is -1.12. The second kappa shape index (κ2) is 4.40. The molecule has 1 fully saturated rings. The first-order chi connectivity index (χ1) is 6.84. The van der Waals surface area contributed by atoms with Crippen molar-refractivity contribution in [2.24, 2.45) is 0 Å². The van der Waals surface area contributed by atoms with E-state index < -0.39 is 0 Å². The molecule has 1 aliphatic rings. The maximum atomic E-state index is 4.39. The van der Waals surface area contributed by atoms with Crippen LogP contribution in [0, 0.1) is 6.92 Å². The van der Waals surface area contributed by atoms with Gasteiger partial charge in [0, 0.05) is 12.2 Å². The zero-order chi connectivity index (χ0) is 9.80. The number of hydrogen-bond acceptors (Lipinski definition) is 3. The molecule has 0 spiro atoms. The van der Waals surface area contributed by atoms with E-state index in [2.05, 4.69) is 15.3 Å². The minimum atomic E-state index is 0.611. The monoisotopic (exact) mass is 191 g/mol. The third-order valence-corrected chi connectivity index (χ3v) is 2.71. The molecule has 0 aliphatic heterocycles. The first-order valence-corrected chi connectivity index (χ1v) is 5.40. The van der Waals surface area contributed by atoms with Gasteiger partial charge in [0.05, 0.1) is 11.9 Å². The summed E-state index contributed by atoms with van der Waals surface area (Å²) in [6, 6.07) is 0.611. The van der Waals surface area contributed by atoms with E-state index in [1.807, 2.05) is 13.1 Å².